The molecule has 2 rings (SSSR count). The molecule has 4 heteroatoms. The molecular weight excluding hydrogens is 265 g/mol. The largest absolute Gasteiger partial charge is 0.496 e. The van der Waals surface area contributed by atoms with Crippen molar-refractivity contribution in [3.8, 4) is 5.75 Å². The van der Waals surface area contributed by atoms with Crippen LogP contribution in [0.15, 0.2) is 22.7 Å². The molecule has 1 aliphatic heterocycles. The predicted octanol–water partition coefficient (Wildman–Crippen LogP) is 2.91. The van der Waals surface area contributed by atoms with Crippen LogP contribution in [0.4, 0.5) is 0 Å². The van der Waals surface area contributed by atoms with Gasteiger partial charge in [-0.3, -0.25) is 0 Å². The summed E-state index contributed by atoms with van der Waals surface area (Å²) in [5.74, 6) is 0.973. The average molecular weight is 279 g/mol. The van der Waals surface area contributed by atoms with E-state index in [1.54, 1.807) is 7.11 Å². The summed E-state index contributed by atoms with van der Waals surface area (Å²) < 4.78 is 6.40. The molecule has 0 aromatic heterocycles. The molecule has 1 atom stereocenters. The van der Waals surface area contributed by atoms with Crippen LogP contribution in [-0.4, -0.2) is 13.7 Å². The van der Waals surface area contributed by atoms with Crippen LogP contribution in [0.25, 0.3) is 0 Å². The van der Waals surface area contributed by atoms with Crippen molar-refractivity contribution in [3.63, 3.8) is 0 Å². The fraction of sp³-hybridized carbons (Fsp3) is 0.400. The summed E-state index contributed by atoms with van der Waals surface area (Å²) in [6.45, 7) is 1.11. The fourth-order valence-electron chi connectivity index (χ4n) is 1.53. The second kappa shape index (κ2) is 5.01. The predicted molar refractivity (Wildman–Crippen MR) is 63.3 cm³/mol. The first-order valence-corrected chi connectivity index (χ1v) is 5.17. The first-order valence-electron chi connectivity index (χ1n) is 4.38. The molecular formula is C10H13BrClNO. The minimum absolute atomic E-state index is 0. The topological polar surface area (TPSA) is 21.3 Å². The molecule has 0 unspecified atom stereocenters. The third kappa shape index (κ3) is 2.22. The van der Waals surface area contributed by atoms with E-state index in [0.29, 0.717) is 6.04 Å². The van der Waals surface area contributed by atoms with Crippen molar-refractivity contribution in [2.24, 2.45) is 0 Å². The van der Waals surface area contributed by atoms with E-state index >= 15 is 0 Å². The SMILES string of the molecule is COc1ccc(Br)cc1[C@H]1CCN1.Cl. The lowest BCUT2D eigenvalue weighted by atomic mass is 9.97. The number of benzene rings is 1. The van der Waals surface area contributed by atoms with Crippen LogP contribution < -0.4 is 10.1 Å². The summed E-state index contributed by atoms with van der Waals surface area (Å²) in [4.78, 5) is 0. The van der Waals surface area contributed by atoms with Crippen molar-refractivity contribution < 1.29 is 4.74 Å². The molecule has 1 aliphatic rings. The number of rotatable bonds is 2. The number of hydrogen-bond donors (Lipinski definition) is 1. The molecule has 0 saturated carbocycles. The Labute approximate surface area is 98.6 Å². The van der Waals surface area contributed by atoms with Crippen LogP contribution in [0.1, 0.15) is 18.0 Å². The van der Waals surface area contributed by atoms with Crippen molar-refractivity contribution >= 4 is 28.3 Å². The zero-order valence-electron chi connectivity index (χ0n) is 7.92. The molecule has 1 aromatic rings. The number of halogens is 2. The van der Waals surface area contributed by atoms with Crippen LogP contribution in [0.5, 0.6) is 5.75 Å². The van der Waals surface area contributed by atoms with Gasteiger partial charge in [0.15, 0.2) is 0 Å². The van der Waals surface area contributed by atoms with Gasteiger partial charge in [0, 0.05) is 16.1 Å². The van der Waals surface area contributed by atoms with Crippen LogP contribution in [-0.2, 0) is 0 Å². The Hall–Kier alpha value is -0.250. The highest BCUT2D eigenvalue weighted by Crippen LogP contribution is 2.32. The second-order valence-corrected chi connectivity index (χ2v) is 4.10. The minimum Gasteiger partial charge on any atom is -0.496 e. The molecule has 1 heterocycles. The summed E-state index contributed by atoms with van der Waals surface area (Å²) in [7, 11) is 1.71. The van der Waals surface area contributed by atoms with Crippen molar-refractivity contribution in [2.45, 2.75) is 12.5 Å². The van der Waals surface area contributed by atoms with Crippen molar-refractivity contribution in [1.29, 1.82) is 0 Å². The van der Waals surface area contributed by atoms with E-state index in [0.717, 1.165) is 16.8 Å². The third-order valence-electron chi connectivity index (χ3n) is 2.39. The van der Waals surface area contributed by atoms with Crippen LogP contribution in [0.2, 0.25) is 0 Å². The van der Waals surface area contributed by atoms with E-state index in [4.69, 9.17) is 4.74 Å². The average Bonchev–Trinajstić information content (AvgIpc) is 2.02. The van der Waals surface area contributed by atoms with E-state index in [-0.39, 0.29) is 12.4 Å². The maximum absolute atomic E-state index is 5.30. The number of methoxy groups -OCH3 is 1. The molecule has 1 N–H and O–H groups in total. The van der Waals surface area contributed by atoms with Gasteiger partial charge in [-0.05, 0) is 31.2 Å². The molecule has 0 radical (unpaired) electrons. The molecule has 1 fully saturated rings. The monoisotopic (exact) mass is 277 g/mol. The van der Waals surface area contributed by atoms with Crippen molar-refractivity contribution in [1.82, 2.24) is 5.32 Å². The molecule has 78 valence electrons. The summed E-state index contributed by atoms with van der Waals surface area (Å²) in [5.41, 5.74) is 1.25. The standard InChI is InChI=1S/C10H12BrNO.ClH/c1-13-10-3-2-7(11)6-8(10)9-4-5-12-9;/h2-3,6,9,12H,4-5H2,1H3;1H/t9-;/m1./s1. The van der Waals surface area contributed by atoms with E-state index in [9.17, 15) is 0 Å². The zero-order valence-corrected chi connectivity index (χ0v) is 10.3. The lowest BCUT2D eigenvalue weighted by molar-refractivity contribution is 0.353. The van der Waals surface area contributed by atoms with Gasteiger partial charge in [-0.1, -0.05) is 15.9 Å². The van der Waals surface area contributed by atoms with E-state index in [2.05, 4.69) is 27.3 Å². The lowest BCUT2D eigenvalue weighted by Gasteiger charge is -2.29. The Balaban J connectivity index is 0.000000980. The summed E-state index contributed by atoms with van der Waals surface area (Å²) >= 11 is 3.46. The van der Waals surface area contributed by atoms with Crippen LogP contribution >= 0.6 is 28.3 Å². The Kier molecular flexibility index (Phi) is 4.23. The maximum atomic E-state index is 5.30. The lowest BCUT2D eigenvalue weighted by Crippen LogP contribution is -2.35. The summed E-state index contributed by atoms with van der Waals surface area (Å²) in [6, 6.07) is 6.60. The van der Waals surface area contributed by atoms with Crippen molar-refractivity contribution in [2.75, 3.05) is 13.7 Å². The number of hydrogen-bond acceptors (Lipinski definition) is 2. The van der Waals surface area contributed by atoms with Crippen LogP contribution in [0.3, 0.4) is 0 Å². The highest BCUT2D eigenvalue weighted by Gasteiger charge is 2.21. The summed E-state index contributed by atoms with van der Waals surface area (Å²) in [6.07, 6.45) is 1.20. The third-order valence-corrected chi connectivity index (χ3v) is 2.88. The molecule has 1 saturated heterocycles. The Bertz CT molecular complexity index is 315. The number of nitrogens with one attached hydrogen (secondary N) is 1. The van der Waals surface area contributed by atoms with Gasteiger partial charge < -0.3 is 10.1 Å². The van der Waals surface area contributed by atoms with Gasteiger partial charge in [0.05, 0.1) is 7.11 Å². The molecule has 0 spiro atoms. The highest BCUT2D eigenvalue weighted by molar-refractivity contribution is 9.10. The van der Waals surface area contributed by atoms with Gasteiger partial charge >= 0.3 is 0 Å². The summed E-state index contributed by atoms with van der Waals surface area (Å²) in [5, 5.41) is 3.36. The van der Waals surface area contributed by atoms with Gasteiger partial charge in [0.2, 0.25) is 0 Å². The Morgan fingerprint density at radius 2 is 2.21 bits per heavy atom. The maximum Gasteiger partial charge on any atom is 0.123 e. The quantitative estimate of drug-likeness (QED) is 0.898. The molecule has 1 aromatic carbocycles. The van der Waals surface area contributed by atoms with Gasteiger partial charge in [-0.2, -0.15) is 0 Å². The second-order valence-electron chi connectivity index (χ2n) is 3.18. The zero-order chi connectivity index (χ0) is 9.26. The Morgan fingerprint density at radius 1 is 1.50 bits per heavy atom. The van der Waals surface area contributed by atoms with E-state index < -0.39 is 0 Å². The molecule has 0 amide bonds. The van der Waals surface area contributed by atoms with Gasteiger partial charge in [0.1, 0.15) is 5.75 Å². The molecule has 2 nitrogen and oxygen atoms in total. The van der Waals surface area contributed by atoms with Gasteiger partial charge in [-0.25, -0.2) is 0 Å². The molecule has 0 aliphatic carbocycles. The van der Waals surface area contributed by atoms with E-state index in [1.807, 2.05) is 12.1 Å². The van der Waals surface area contributed by atoms with E-state index in [1.165, 1.54) is 12.0 Å². The van der Waals surface area contributed by atoms with Gasteiger partial charge in [-0.15, -0.1) is 12.4 Å². The minimum atomic E-state index is 0. The van der Waals surface area contributed by atoms with Crippen LogP contribution in [0, 0.1) is 0 Å². The number of ether oxygens (including phenoxy) is 1. The van der Waals surface area contributed by atoms with Crippen molar-refractivity contribution in [3.05, 3.63) is 28.2 Å². The normalized spacial score (nSPS) is 19.4. The first kappa shape index (κ1) is 11.8. The molecule has 0 bridgehead atoms. The Morgan fingerprint density at radius 3 is 2.71 bits per heavy atom. The fourth-order valence-corrected chi connectivity index (χ4v) is 1.91. The molecule has 14 heavy (non-hydrogen) atoms. The highest BCUT2D eigenvalue weighted by atomic mass is 79.9. The smallest absolute Gasteiger partial charge is 0.123 e. The first-order chi connectivity index (χ1) is 6.31. The van der Waals surface area contributed by atoms with Gasteiger partial charge in [0.25, 0.3) is 0 Å².